The van der Waals surface area contributed by atoms with E-state index in [9.17, 15) is 0 Å². The van der Waals surface area contributed by atoms with E-state index in [1.165, 1.54) is 54.1 Å². The lowest BCUT2D eigenvalue weighted by Crippen LogP contribution is -2.39. The highest BCUT2D eigenvalue weighted by molar-refractivity contribution is 5.88. The van der Waals surface area contributed by atoms with Gasteiger partial charge in [0, 0.05) is 12.0 Å². The van der Waals surface area contributed by atoms with E-state index in [-0.39, 0.29) is 0 Å². The van der Waals surface area contributed by atoms with Crippen molar-refractivity contribution in [3.8, 4) is 5.75 Å². The monoisotopic (exact) mass is 397 g/mol. The molecule has 0 aromatic heterocycles. The number of fused-ring (bicyclic) bond motifs is 3. The predicted molar refractivity (Wildman–Crippen MR) is 126 cm³/mol. The zero-order valence-electron chi connectivity index (χ0n) is 18.1. The van der Waals surface area contributed by atoms with E-state index in [0.29, 0.717) is 12.0 Å². The smallest absolute Gasteiger partial charge is 0.120 e. The standard InChI is InChI=1S/C28H31NO/c1-29(2)20-28-14-12-22(13-15-28)27(18-28)25-9-8-24-17-26(11-10-23(24)16-25)30-19-21-6-4-3-5-7-21/h3-11,16-18,22H,12-15,19-20H2,1-2H3. The predicted octanol–water partition coefficient (Wildman–Crippen LogP) is 6.55. The van der Waals surface area contributed by atoms with E-state index < -0.39 is 0 Å². The quantitative estimate of drug-likeness (QED) is 0.467. The molecular weight excluding hydrogens is 366 g/mol. The van der Waals surface area contributed by atoms with Crippen LogP contribution in [0.15, 0.2) is 72.8 Å². The van der Waals surface area contributed by atoms with Gasteiger partial charge in [0.15, 0.2) is 0 Å². The Bertz CT molecular complexity index is 1060. The number of hydrogen-bond donors (Lipinski definition) is 0. The van der Waals surface area contributed by atoms with Crippen LogP contribution in [0.4, 0.5) is 0 Å². The van der Waals surface area contributed by atoms with Crippen LogP contribution in [0.1, 0.15) is 36.8 Å². The van der Waals surface area contributed by atoms with Crippen LogP contribution in [0.25, 0.3) is 16.3 Å². The van der Waals surface area contributed by atoms with Gasteiger partial charge in [-0.25, -0.2) is 0 Å². The maximum atomic E-state index is 6.02. The summed E-state index contributed by atoms with van der Waals surface area (Å²) in [6.45, 7) is 1.77. The Labute approximate surface area is 180 Å². The Kier molecular flexibility index (Phi) is 5.12. The van der Waals surface area contributed by atoms with Gasteiger partial charge in [-0.3, -0.25) is 0 Å². The molecular formula is C28H31NO. The molecule has 0 amide bonds. The lowest BCUT2D eigenvalue weighted by molar-refractivity contribution is 0.157. The second-order valence-corrected chi connectivity index (χ2v) is 9.47. The van der Waals surface area contributed by atoms with E-state index in [1.54, 1.807) is 5.57 Å². The molecule has 154 valence electrons. The zero-order chi connectivity index (χ0) is 20.6. The van der Waals surface area contributed by atoms with Gasteiger partial charge in [0.05, 0.1) is 0 Å². The lowest BCUT2D eigenvalue weighted by atomic mass is 9.61. The van der Waals surface area contributed by atoms with Crippen LogP contribution in [-0.4, -0.2) is 25.5 Å². The van der Waals surface area contributed by atoms with Crippen molar-refractivity contribution in [1.29, 1.82) is 0 Å². The lowest BCUT2D eigenvalue weighted by Gasteiger charge is -2.46. The summed E-state index contributed by atoms with van der Waals surface area (Å²) < 4.78 is 6.02. The first-order valence-electron chi connectivity index (χ1n) is 11.2. The maximum absolute atomic E-state index is 6.02. The van der Waals surface area contributed by atoms with Crippen molar-refractivity contribution in [1.82, 2.24) is 4.90 Å². The van der Waals surface area contributed by atoms with Gasteiger partial charge in [-0.2, -0.15) is 0 Å². The van der Waals surface area contributed by atoms with Gasteiger partial charge < -0.3 is 9.64 Å². The molecule has 3 aliphatic carbocycles. The maximum Gasteiger partial charge on any atom is 0.120 e. The summed E-state index contributed by atoms with van der Waals surface area (Å²) >= 11 is 0. The van der Waals surface area contributed by atoms with Gasteiger partial charge in [0.25, 0.3) is 0 Å². The number of benzene rings is 3. The van der Waals surface area contributed by atoms with Crippen molar-refractivity contribution in [3.63, 3.8) is 0 Å². The molecule has 3 aromatic rings. The number of rotatable bonds is 6. The van der Waals surface area contributed by atoms with Crippen LogP contribution >= 0.6 is 0 Å². The first kappa shape index (κ1) is 19.4. The van der Waals surface area contributed by atoms with Crippen molar-refractivity contribution in [2.75, 3.05) is 20.6 Å². The third-order valence-electron chi connectivity index (χ3n) is 6.91. The normalized spacial score (nSPS) is 23.0. The number of nitrogens with zero attached hydrogens (tertiary/aromatic N) is 1. The van der Waals surface area contributed by atoms with Crippen molar-refractivity contribution < 1.29 is 4.74 Å². The summed E-state index contributed by atoms with van der Waals surface area (Å²) in [6.07, 6.45) is 7.99. The van der Waals surface area contributed by atoms with Gasteiger partial charge in [-0.1, -0.05) is 54.6 Å². The molecule has 3 aromatic carbocycles. The van der Waals surface area contributed by atoms with Crippen LogP contribution in [0.3, 0.4) is 0 Å². The molecule has 0 radical (unpaired) electrons. The molecule has 0 saturated heterocycles. The molecule has 6 rings (SSSR count). The fraction of sp³-hybridized carbons (Fsp3) is 0.357. The summed E-state index contributed by atoms with van der Waals surface area (Å²) in [6, 6.07) is 23.8. The summed E-state index contributed by atoms with van der Waals surface area (Å²) in [4.78, 5) is 2.36. The Morgan fingerprint density at radius 3 is 2.40 bits per heavy atom. The van der Waals surface area contributed by atoms with Crippen molar-refractivity contribution in [3.05, 3.63) is 83.9 Å². The molecule has 2 bridgehead atoms. The van der Waals surface area contributed by atoms with Crippen molar-refractivity contribution in [2.45, 2.75) is 32.3 Å². The molecule has 3 aliphatic rings. The summed E-state index contributed by atoms with van der Waals surface area (Å²) in [5, 5.41) is 2.54. The highest BCUT2D eigenvalue weighted by Crippen LogP contribution is 2.52. The largest absolute Gasteiger partial charge is 0.489 e. The molecule has 1 fully saturated rings. The van der Waals surface area contributed by atoms with E-state index in [2.05, 4.69) is 85.7 Å². The number of allylic oxidation sites excluding steroid dienone is 1. The molecule has 0 aliphatic heterocycles. The van der Waals surface area contributed by atoms with Gasteiger partial charge in [-0.05, 0) is 91.4 Å². The molecule has 0 spiro atoms. The van der Waals surface area contributed by atoms with Crippen LogP contribution < -0.4 is 4.74 Å². The Balaban J connectivity index is 1.39. The van der Waals surface area contributed by atoms with Gasteiger partial charge >= 0.3 is 0 Å². The summed E-state index contributed by atoms with van der Waals surface area (Å²) in [7, 11) is 4.41. The molecule has 0 atom stereocenters. The van der Waals surface area contributed by atoms with Crippen LogP contribution in [0, 0.1) is 11.3 Å². The average Bonchev–Trinajstić information content (AvgIpc) is 2.78. The van der Waals surface area contributed by atoms with Crippen molar-refractivity contribution >= 4 is 16.3 Å². The Morgan fingerprint density at radius 2 is 1.63 bits per heavy atom. The fourth-order valence-corrected chi connectivity index (χ4v) is 5.48. The Hall–Kier alpha value is -2.58. The molecule has 2 nitrogen and oxygen atoms in total. The molecule has 0 N–H and O–H groups in total. The first-order chi connectivity index (χ1) is 14.6. The van der Waals surface area contributed by atoms with E-state index in [0.717, 1.165) is 11.7 Å². The molecule has 30 heavy (non-hydrogen) atoms. The molecule has 1 saturated carbocycles. The topological polar surface area (TPSA) is 12.5 Å². The summed E-state index contributed by atoms with van der Waals surface area (Å²) in [5.41, 5.74) is 4.56. The third kappa shape index (κ3) is 3.89. The van der Waals surface area contributed by atoms with Crippen LogP contribution in [0.2, 0.25) is 0 Å². The first-order valence-corrected chi connectivity index (χ1v) is 11.2. The molecule has 0 heterocycles. The summed E-state index contributed by atoms with van der Waals surface area (Å²) in [5.74, 6) is 1.67. The Morgan fingerprint density at radius 1 is 0.900 bits per heavy atom. The fourth-order valence-electron chi connectivity index (χ4n) is 5.48. The molecule has 0 unspecified atom stereocenters. The van der Waals surface area contributed by atoms with Gasteiger partial charge in [0.1, 0.15) is 12.4 Å². The zero-order valence-corrected chi connectivity index (χ0v) is 18.1. The average molecular weight is 398 g/mol. The van der Waals surface area contributed by atoms with Crippen LogP contribution in [-0.2, 0) is 6.61 Å². The van der Waals surface area contributed by atoms with Crippen molar-refractivity contribution in [2.24, 2.45) is 11.3 Å². The minimum absolute atomic E-state index is 0.373. The number of hydrogen-bond acceptors (Lipinski definition) is 2. The highest BCUT2D eigenvalue weighted by atomic mass is 16.5. The molecule has 2 heteroatoms. The second kappa shape index (κ2) is 7.92. The second-order valence-electron chi connectivity index (χ2n) is 9.47. The SMILES string of the molecule is CN(C)CC12C=C(c3ccc4cc(OCc5ccccc5)ccc4c3)C(CC1)CC2. The minimum atomic E-state index is 0.373. The number of ether oxygens (including phenoxy) is 1. The highest BCUT2D eigenvalue weighted by Gasteiger charge is 2.40. The van der Waals surface area contributed by atoms with Gasteiger partial charge in [0.2, 0.25) is 0 Å². The van der Waals surface area contributed by atoms with E-state index in [1.807, 2.05) is 6.07 Å². The van der Waals surface area contributed by atoms with E-state index in [4.69, 9.17) is 4.74 Å². The van der Waals surface area contributed by atoms with E-state index >= 15 is 0 Å². The van der Waals surface area contributed by atoms with Crippen LogP contribution in [0.5, 0.6) is 5.75 Å². The minimum Gasteiger partial charge on any atom is -0.489 e. The third-order valence-corrected chi connectivity index (χ3v) is 6.91. The van der Waals surface area contributed by atoms with Gasteiger partial charge in [-0.15, -0.1) is 0 Å².